The highest BCUT2D eigenvalue weighted by molar-refractivity contribution is 8.14. The molecule has 6 nitrogen and oxygen atoms in total. The van der Waals surface area contributed by atoms with Crippen molar-refractivity contribution in [2.75, 3.05) is 12.9 Å². The zero-order chi connectivity index (χ0) is 21.0. The first-order chi connectivity index (χ1) is 13.9. The number of nitrogens with zero attached hydrogens (tertiary/aromatic N) is 1. The van der Waals surface area contributed by atoms with Gasteiger partial charge in [-0.1, -0.05) is 49.9 Å². The minimum absolute atomic E-state index is 0.157. The van der Waals surface area contributed by atoms with Crippen LogP contribution in [-0.4, -0.2) is 34.8 Å². The number of thioether (sulfide) groups is 1. The molecule has 0 saturated carbocycles. The Morgan fingerprint density at radius 3 is 2.48 bits per heavy atom. The number of benzene rings is 2. The highest BCUT2D eigenvalue weighted by atomic mass is 32.2. The number of methoxy groups -OCH3 is 1. The van der Waals surface area contributed by atoms with Gasteiger partial charge in [-0.25, -0.2) is 0 Å². The number of hydrogen-bond donors (Lipinski definition) is 1. The van der Waals surface area contributed by atoms with E-state index >= 15 is 0 Å². The molecule has 1 fully saturated rings. The Morgan fingerprint density at radius 1 is 1.17 bits per heavy atom. The molecule has 7 heteroatoms. The topological polar surface area (TPSA) is 75.7 Å². The van der Waals surface area contributed by atoms with Crippen molar-refractivity contribution in [3.8, 4) is 5.75 Å². The number of amides is 3. The summed E-state index contributed by atoms with van der Waals surface area (Å²) in [6.45, 7) is 4.28. The summed E-state index contributed by atoms with van der Waals surface area (Å²) in [7, 11) is 1.62. The zero-order valence-electron chi connectivity index (χ0n) is 16.7. The van der Waals surface area contributed by atoms with E-state index in [4.69, 9.17) is 4.74 Å². The summed E-state index contributed by atoms with van der Waals surface area (Å²) < 4.78 is 5.20. The van der Waals surface area contributed by atoms with Crippen molar-refractivity contribution >= 4 is 28.8 Å². The first kappa shape index (κ1) is 20.9. The lowest BCUT2D eigenvalue weighted by molar-refractivity contribution is -0.125. The molecule has 0 spiro atoms. The van der Waals surface area contributed by atoms with Crippen molar-refractivity contribution in [3.05, 3.63) is 65.2 Å². The average molecular weight is 413 g/mol. The van der Waals surface area contributed by atoms with Gasteiger partial charge in [0.05, 0.1) is 25.4 Å². The first-order valence-corrected chi connectivity index (χ1v) is 10.4. The molecule has 29 heavy (non-hydrogen) atoms. The maximum Gasteiger partial charge on any atom is 0.289 e. The minimum Gasteiger partial charge on any atom is -0.497 e. The van der Waals surface area contributed by atoms with Crippen LogP contribution in [0.3, 0.4) is 0 Å². The Hall–Kier alpha value is -2.80. The first-order valence-electron chi connectivity index (χ1n) is 9.40. The Balaban J connectivity index is 1.74. The van der Waals surface area contributed by atoms with E-state index < -0.39 is 0 Å². The van der Waals surface area contributed by atoms with E-state index in [2.05, 4.69) is 5.32 Å². The summed E-state index contributed by atoms with van der Waals surface area (Å²) >= 11 is 1.00. The van der Waals surface area contributed by atoms with Crippen molar-refractivity contribution in [2.45, 2.75) is 26.4 Å². The molecule has 3 rings (SSSR count). The van der Waals surface area contributed by atoms with Gasteiger partial charge in [-0.3, -0.25) is 19.3 Å². The normalized spacial score (nSPS) is 15.0. The van der Waals surface area contributed by atoms with Gasteiger partial charge in [-0.15, -0.1) is 0 Å². The number of carbonyl (C=O) groups is 3. The van der Waals surface area contributed by atoms with Crippen LogP contribution in [0.2, 0.25) is 0 Å². The van der Waals surface area contributed by atoms with Gasteiger partial charge < -0.3 is 10.1 Å². The lowest BCUT2D eigenvalue weighted by Crippen LogP contribution is -2.32. The van der Waals surface area contributed by atoms with Gasteiger partial charge in [-0.2, -0.15) is 0 Å². The molecule has 1 unspecified atom stereocenters. The molecule has 1 aliphatic rings. The second-order valence-corrected chi connectivity index (χ2v) is 8.13. The molecule has 1 heterocycles. The largest absolute Gasteiger partial charge is 0.497 e. The third kappa shape index (κ3) is 4.98. The van der Waals surface area contributed by atoms with E-state index in [0.29, 0.717) is 5.56 Å². The molecule has 0 aliphatic carbocycles. The van der Waals surface area contributed by atoms with Crippen LogP contribution in [-0.2, 0) is 11.3 Å². The van der Waals surface area contributed by atoms with Gasteiger partial charge in [0.2, 0.25) is 5.91 Å². The van der Waals surface area contributed by atoms with Crippen LogP contribution in [0.1, 0.15) is 41.4 Å². The number of hydrogen-bond acceptors (Lipinski definition) is 5. The van der Waals surface area contributed by atoms with Crippen molar-refractivity contribution in [1.82, 2.24) is 10.2 Å². The predicted molar refractivity (Wildman–Crippen MR) is 113 cm³/mol. The Bertz CT molecular complexity index is 895. The fourth-order valence-electron chi connectivity index (χ4n) is 3.20. The van der Waals surface area contributed by atoms with E-state index in [0.717, 1.165) is 28.6 Å². The molecule has 0 bridgehead atoms. The number of rotatable bonds is 7. The molecule has 0 radical (unpaired) electrons. The van der Waals surface area contributed by atoms with Crippen LogP contribution in [0.15, 0.2) is 48.5 Å². The molecule has 152 valence electrons. The van der Waals surface area contributed by atoms with Gasteiger partial charge in [0.1, 0.15) is 5.75 Å². The fraction of sp³-hybridized carbons (Fsp3) is 0.318. The van der Waals surface area contributed by atoms with Gasteiger partial charge in [-0.05, 0) is 41.3 Å². The van der Waals surface area contributed by atoms with Crippen molar-refractivity contribution in [1.29, 1.82) is 0 Å². The maximum absolute atomic E-state index is 12.9. The molecule has 2 aromatic rings. The van der Waals surface area contributed by atoms with E-state index in [1.54, 1.807) is 25.3 Å². The molecule has 2 aromatic carbocycles. The molecule has 1 saturated heterocycles. The minimum atomic E-state index is -0.246. The van der Waals surface area contributed by atoms with Crippen LogP contribution >= 0.6 is 11.8 Å². The van der Waals surface area contributed by atoms with E-state index in [1.165, 1.54) is 4.90 Å². The summed E-state index contributed by atoms with van der Waals surface area (Å²) in [5.74, 6) is 0.729. The monoisotopic (exact) mass is 412 g/mol. The quantitative estimate of drug-likeness (QED) is 0.743. The van der Waals surface area contributed by atoms with Crippen LogP contribution in [0, 0.1) is 5.92 Å². The fourth-order valence-corrected chi connectivity index (χ4v) is 3.92. The Morgan fingerprint density at radius 2 is 1.90 bits per heavy atom. The van der Waals surface area contributed by atoms with Crippen molar-refractivity contribution in [3.63, 3.8) is 0 Å². The van der Waals surface area contributed by atoms with E-state index in [-0.39, 0.29) is 41.3 Å². The molecule has 3 amide bonds. The second-order valence-electron chi connectivity index (χ2n) is 7.20. The SMILES string of the molecule is COc1ccc(C(NC(=O)c2cccc(CN3C(=O)CSC3=O)c2)C(C)C)cc1. The third-order valence-electron chi connectivity index (χ3n) is 4.80. The maximum atomic E-state index is 12.9. The van der Waals surface area contributed by atoms with E-state index in [1.807, 2.05) is 44.2 Å². The van der Waals surface area contributed by atoms with Crippen LogP contribution in [0.25, 0.3) is 0 Å². The lowest BCUT2D eigenvalue weighted by atomic mass is 9.95. The Labute approximate surface area is 174 Å². The smallest absolute Gasteiger partial charge is 0.289 e. The predicted octanol–water partition coefficient (Wildman–Crippen LogP) is 4.02. The third-order valence-corrected chi connectivity index (χ3v) is 5.66. The summed E-state index contributed by atoms with van der Waals surface area (Å²) in [6.07, 6.45) is 0. The molecule has 1 aliphatic heterocycles. The number of carbonyl (C=O) groups excluding carboxylic acids is 3. The highest BCUT2D eigenvalue weighted by Crippen LogP contribution is 2.25. The van der Waals surface area contributed by atoms with E-state index in [9.17, 15) is 14.4 Å². The van der Waals surface area contributed by atoms with Crippen LogP contribution < -0.4 is 10.1 Å². The number of ether oxygens (including phenoxy) is 1. The summed E-state index contributed by atoms with van der Waals surface area (Å²) in [5, 5.41) is 2.85. The molecule has 1 atom stereocenters. The second kappa shape index (κ2) is 9.13. The molecular weight excluding hydrogens is 388 g/mol. The molecule has 0 aromatic heterocycles. The standard InChI is InChI=1S/C22H24N2O4S/c1-14(2)20(16-7-9-18(28-3)10-8-16)23-21(26)17-6-4-5-15(11-17)12-24-19(25)13-29-22(24)27/h4-11,14,20H,12-13H2,1-3H3,(H,23,26). The van der Waals surface area contributed by atoms with Crippen LogP contribution in [0.5, 0.6) is 5.75 Å². The highest BCUT2D eigenvalue weighted by Gasteiger charge is 2.30. The average Bonchev–Trinajstić information content (AvgIpc) is 3.04. The molecule has 1 N–H and O–H groups in total. The van der Waals surface area contributed by atoms with Gasteiger partial charge in [0.15, 0.2) is 0 Å². The van der Waals surface area contributed by atoms with Gasteiger partial charge in [0, 0.05) is 5.56 Å². The lowest BCUT2D eigenvalue weighted by Gasteiger charge is -2.23. The van der Waals surface area contributed by atoms with Crippen molar-refractivity contribution < 1.29 is 19.1 Å². The van der Waals surface area contributed by atoms with Crippen LogP contribution in [0.4, 0.5) is 4.79 Å². The number of nitrogens with one attached hydrogen (secondary N) is 1. The van der Waals surface area contributed by atoms with Gasteiger partial charge >= 0.3 is 0 Å². The summed E-state index contributed by atoms with van der Waals surface area (Å²) in [5.41, 5.74) is 2.23. The molecular formula is C22H24N2O4S. The van der Waals surface area contributed by atoms with Gasteiger partial charge in [0.25, 0.3) is 11.1 Å². The number of imide groups is 1. The van der Waals surface area contributed by atoms with Crippen molar-refractivity contribution in [2.24, 2.45) is 5.92 Å². The summed E-state index contributed by atoms with van der Waals surface area (Å²) in [6, 6.07) is 14.5. The Kier molecular flexibility index (Phi) is 6.59. The zero-order valence-corrected chi connectivity index (χ0v) is 17.5. The summed E-state index contributed by atoms with van der Waals surface area (Å²) in [4.78, 5) is 37.7.